The molecule has 0 spiro atoms. The first kappa shape index (κ1) is 14.4. The van der Waals surface area contributed by atoms with Crippen molar-refractivity contribution in [2.24, 2.45) is 0 Å². The Kier molecular flexibility index (Phi) is 5.02. The second kappa shape index (κ2) is 6.96. The number of carbonyl (C=O) groups excluding carboxylic acids is 1. The van der Waals surface area contributed by atoms with E-state index in [4.69, 9.17) is 16.0 Å². The van der Waals surface area contributed by atoms with E-state index < -0.39 is 0 Å². The predicted octanol–water partition coefficient (Wildman–Crippen LogP) is 3.69. The lowest BCUT2D eigenvalue weighted by atomic mass is 10.2. The molecule has 0 saturated heterocycles. The van der Waals surface area contributed by atoms with Gasteiger partial charge in [0.15, 0.2) is 0 Å². The number of rotatable bonds is 5. The van der Waals surface area contributed by atoms with Crippen molar-refractivity contribution < 1.29 is 9.21 Å². The van der Waals surface area contributed by atoms with Crippen LogP contribution in [0.1, 0.15) is 18.2 Å². The molecule has 2 rings (SSSR count). The van der Waals surface area contributed by atoms with Crippen LogP contribution in [0, 0.1) is 0 Å². The number of furan rings is 1. The fraction of sp³-hybridized carbons (Fsp3) is 0.188. The Morgan fingerprint density at radius 1 is 1.35 bits per heavy atom. The monoisotopic (exact) mass is 289 g/mol. The molecule has 1 heterocycles. The van der Waals surface area contributed by atoms with Crippen LogP contribution in [0.2, 0.25) is 5.02 Å². The highest BCUT2D eigenvalue weighted by molar-refractivity contribution is 6.32. The first-order valence-corrected chi connectivity index (χ1v) is 6.78. The van der Waals surface area contributed by atoms with E-state index in [0.717, 1.165) is 11.3 Å². The lowest BCUT2D eigenvalue weighted by Crippen LogP contribution is -2.32. The standard InChI is InChI=1S/C16H16ClNO2/c1-12(11-14-6-4-10-20-14)18-16(19)9-8-13-5-2-3-7-15(13)17/h2-10,12H,11H2,1H3,(H,18,19)/b9-8+. The molecule has 0 aliphatic heterocycles. The highest BCUT2D eigenvalue weighted by Gasteiger charge is 2.07. The van der Waals surface area contributed by atoms with E-state index in [-0.39, 0.29) is 11.9 Å². The minimum absolute atomic E-state index is 0.00421. The minimum Gasteiger partial charge on any atom is -0.469 e. The Labute approximate surface area is 123 Å². The first-order chi connectivity index (χ1) is 9.65. The van der Waals surface area contributed by atoms with Gasteiger partial charge in [0.1, 0.15) is 5.76 Å². The van der Waals surface area contributed by atoms with Crippen molar-refractivity contribution in [3.8, 4) is 0 Å². The molecule has 1 aromatic heterocycles. The molecule has 1 N–H and O–H groups in total. The lowest BCUT2D eigenvalue weighted by Gasteiger charge is -2.10. The molecule has 4 heteroatoms. The average molecular weight is 290 g/mol. The van der Waals surface area contributed by atoms with Gasteiger partial charge in [0.2, 0.25) is 5.91 Å². The van der Waals surface area contributed by atoms with E-state index in [1.165, 1.54) is 6.08 Å². The van der Waals surface area contributed by atoms with Crippen molar-refractivity contribution in [2.75, 3.05) is 0 Å². The van der Waals surface area contributed by atoms with E-state index in [9.17, 15) is 4.79 Å². The molecule has 0 aliphatic carbocycles. The van der Waals surface area contributed by atoms with Crippen LogP contribution < -0.4 is 5.32 Å². The van der Waals surface area contributed by atoms with Crippen molar-refractivity contribution in [2.45, 2.75) is 19.4 Å². The molecule has 20 heavy (non-hydrogen) atoms. The van der Waals surface area contributed by atoms with Crippen LogP contribution in [0.5, 0.6) is 0 Å². The van der Waals surface area contributed by atoms with Gasteiger partial charge in [0.05, 0.1) is 6.26 Å². The van der Waals surface area contributed by atoms with E-state index in [1.807, 2.05) is 37.3 Å². The first-order valence-electron chi connectivity index (χ1n) is 6.40. The quantitative estimate of drug-likeness (QED) is 0.853. The van der Waals surface area contributed by atoms with Crippen molar-refractivity contribution in [1.29, 1.82) is 0 Å². The van der Waals surface area contributed by atoms with Crippen molar-refractivity contribution in [1.82, 2.24) is 5.32 Å². The predicted molar refractivity (Wildman–Crippen MR) is 80.5 cm³/mol. The Bertz CT molecular complexity index is 590. The normalized spacial score (nSPS) is 12.5. The number of hydrogen-bond acceptors (Lipinski definition) is 2. The van der Waals surface area contributed by atoms with Gasteiger partial charge < -0.3 is 9.73 Å². The summed E-state index contributed by atoms with van der Waals surface area (Å²) in [7, 11) is 0. The summed E-state index contributed by atoms with van der Waals surface area (Å²) in [4.78, 5) is 11.8. The third-order valence-corrected chi connectivity index (χ3v) is 3.14. The van der Waals surface area contributed by atoms with Crippen molar-refractivity contribution in [3.05, 3.63) is 65.1 Å². The number of benzene rings is 1. The van der Waals surface area contributed by atoms with E-state index in [0.29, 0.717) is 11.4 Å². The fourth-order valence-electron chi connectivity index (χ4n) is 1.85. The Hall–Kier alpha value is -2.00. The molecule has 1 amide bonds. The van der Waals surface area contributed by atoms with E-state index >= 15 is 0 Å². The maximum absolute atomic E-state index is 11.8. The summed E-state index contributed by atoms with van der Waals surface area (Å²) >= 11 is 6.01. The topological polar surface area (TPSA) is 42.2 Å². The van der Waals surface area contributed by atoms with Crippen LogP contribution in [-0.4, -0.2) is 11.9 Å². The van der Waals surface area contributed by atoms with Gasteiger partial charge in [0.25, 0.3) is 0 Å². The van der Waals surface area contributed by atoms with Gasteiger partial charge in [-0.2, -0.15) is 0 Å². The van der Waals surface area contributed by atoms with Gasteiger partial charge in [-0.25, -0.2) is 0 Å². The Morgan fingerprint density at radius 3 is 2.85 bits per heavy atom. The van der Waals surface area contributed by atoms with Crippen LogP contribution in [0.4, 0.5) is 0 Å². The van der Waals surface area contributed by atoms with Crippen molar-refractivity contribution in [3.63, 3.8) is 0 Å². The zero-order chi connectivity index (χ0) is 14.4. The van der Waals surface area contributed by atoms with Crippen LogP contribution in [0.25, 0.3) is 6.08 Å². The molecule has 0 fully saturated rings. The second-order valence-corrected chi connectivity index (χ2v) is 4.96. The van der Waals surface area contributed by atoms with Gasteiger partial charge >= 0.3 is 0 Å². The smallest absolute Gasteiger partial charge is 0.244 e. The molecule has 1 unspecified atom stereocenters. The summed E-state index contributed by atoms with van der Waals surface area (Å²) in [6.45, 7) is 1.93. The van der Waals surface area contributed by atoms with Crippen LogP contribution >= 0.6 is 11.6 Å². The number of nitrogens with one attached hydrogen (secondary N) is 1. The number of hydrogen-bond donors (Lipinski definition) is 1. The summed E-state index contributed by atoms with van der Waals surface area (Å²) in [5.41, 5.74) is 0.822. The largest absolute Gasteiger partial charge is 0.469 e. The zero-order valence-corrected chi connectivity index (χ0v) is 11.9. The molecule has 1 aromatic carbocycles. The summed E-state index contributed by atoms with van der Waals surface area (Å²) in [5, 5.41) is 3.50. The Balaban J connectivity index is 1.87. The molecule has 0 saturated carbocycles. The molecule has 2 aromatic rings. The van der Waals surface area contributed by atoms with E-state index in [2.05, 4.69) is 5.32 Å². The van der Waals surface area contributed by atoms with Gasteiger partial charge in [-0.3, -0.25) is 4.79 Å². The van der Waals surface area contributed by atoms with Crippen LogP contribution in [0.15, 0.2) is 53.2 Å². The number of halogens is 1. The van der Waals surface area contributed by atoms with E-state index in [1.54, 1.807) is 18.4 Å². The van der Waals surface area contributed by atoms with Crippen molar-refractivity contribution >= 4 is 23.6 Å². The molecule has 0 bridgehead atoms. The third-order valence-electron chi connectivity index (χ3n) is 2.80. The van der Waals surface area contributed by atoms with Crippen LogP contribution in [0.3, 0.4) is 0 Å². The molecule has 1 atom stereocenters. The van der Waals surface area contributed by atoms with Gasteiger partial charge in [0, 0.05) is 23.6 Å². The maximum atomic E-state index is 11.8. The van der Waals surface area contributed by atoms with Gasteiger partial charge in [-0.05, 0) is 36.8 Å². The average Bonchev–Trinajstić information content (AvgIpc) is 2.90. The molecule has 0 radical (unpaired) electrons. The van der Waals surface area contributed by atoms with Gasteiger partial charge in [-0.15, -0.1) is 0 Å². The fourth-order valence-corrected chi connectivity index (χ4v) is 2.05. The number of carbonyl (C=O) groups is 1. The SMILES string of the molecule is CC(Cc1ccco1)NC(=O)/C=C/c1ccccc1Cl. The maximum Gasteiger partial charge on any atom is 0.244 e. The minimum atomic E-state index is -0.149. The highest BCUT2D eigenvalue weighted by Crippen LogP contribution is 2.16. The zero-order valence-electron chi connectivity index (χ0n) is 11.2. The van der Waals surface area contributed by atoms with Gasteiger partial charge in [-0.1, -0.05) is 29.8 Å². The Morgan fingerprint density at radius 2 is 2.15 bits per heavy atom. The summed E-state index contributed by atoms with van der Waals surface area (Å²) in [6.07, 6.45) is 5.48. The molecular weight excluding hydrogens is 274 g/mol. The number of amides is 1. The molecule has 0 aliphatic rings. The van der Waals surface area contributed by atoms with Crippen LogP contribution in [-0.2, 0) is 11.2 Å². The molecule has 3 nitrogen and oxygen atoms in total. The lowest BCUT2D eigenvalue weighted by molar-refractivity contribution is -0.117. The molecule has 104 valence electrons. The summed E-state index contributed by atoms with van der Waals surface area (Å²) in [6, 6.07) is 11.1. The third kappa shape index (κ3) is 4.28. The summed E-state index contributed by atoms with van der Waals surface area (Å²) in [5.74, 6) is 0.705. The summed E-state index contributed by atoms with van der Waals surface area (Å²) < 4.78 is 5.24. The molecular formula is C16H16ClNO2. The second-order valence-electron chi connectivity index (χ2n) is 4.55. The highest BCUT2D eigenvalue weighted by atomic mass is 35.5.